The van der Waals surface area contributed by atoms with Gasteiger partial charge in [0.2, 0.25) is 0 Å². The zero-order chi connectivity index (χ0) is 15.5. The van der Waals surface area contributed by atoms with E-state index in [2.05, 4.69) is 44.4 Å². The van der Waals surface area contributed by atoms with Crippen molar-refractivity contribution in [3.05, 3.63) is 34.9 Å². The van der Waals surface area contributed by atoms with Crippen LogP contribution in [0.5, 0.6) is 0 Å². The molecule has 0 aliphatic rings. The van der Waals surface area contributed by atoms with Gasteiger partial charge in [-0.3, -0.25) is 11.3 Å². The van der Waals surface area contributed by atoms with Crippen LogP contribution in [-0.2, 0) is 0 Å². The first-order valence-electron chi connectivity index (χ1n) is 8.73. The average molecular weight is 290 g/mol. The number of nitrogens with one attached hydrogen (secondary N) is 1. The van der Waals surface area contributed by atoms with Gasteiger partial charge in [0.1, 0.15) is 0 Å². The fourth-order valence-corrected chi connectivity index (χ4v) is 3.17. The molecule has 1 unspecified atom stereocenters. The number of benzene rings is 1. The first-order chi connectivity index (χ1) is 10.2. The number of hydrogen-bond acceptors (Lipinski definition) is 2. The Morgan fingerprint density at radius 2 is 1.43 bits per heavy atom. The van der Waals surface area contributed by atoms with Crippen molar-refractivity contribution in [1.29, 1.82) is 0 Å². The van der Waals surface area contributed by atoms with E-state index in [9.17, 15) is 0 Å². The van der Waals surface area contributed by atoms with Gasteiger partial charge in [-0.05, 0) is 37.0 Å². The van der Waals surface area contributed by atoms with Crippen LogP contribution in [0.25, 0.3) is 0 Å². The van der Waals surface area contributed by atoms with Gasteiger partial charge in [0.05, 0.1) is 0 Å². The molecule has 0 amide bonds. The summed E-state index contributed by atoms with van der Waals surface area (Å²) in [5, 5.41) is 0. The molecular formula is C19H34N2. The third kappa shape index (κ3) is 6.62. The van der Waals surface area contributed by atoms with Crippen LogP contribution in [-0.4, -0.2) is 0 Å². The molecule has 0 radical (unpaired) electrons. The molecule has 0 saturated heterocycles. The maximum Gasteiger partial charge on any atom is 0.0465 e. The van der Waals surface area contributed by atoms with Crippen LogP contribution in [0.4, 0.5) is 0 Å². The summed E-state index contributed by atoms with van der Waals surface area (Å²) in [5.41, 5.74) is 7.10. The van der Waals surface area contributed by atoms with Crippen molar-refractivity contribution in [3.63, 3.8) is 0 Å². The van der Waals surface area contributed by atoms with E-state index in [-0.39, 0.29) is 0 Å². The lowest BCUT2D eigenvalue weighted by Crippen LogP contribution is -2.29. The molecule has 0 aliphatic heterocycles. The predicted octanol–water partition coefficient (Wildman–Crippen LogP) is 5.34. The van der Waals surface area contributed by atoms with Crippen molar-refractivity contribution in [2.45, 2.75) is 84.6 Å². The van der Waals surface area contributed by atoms with Crippen LogP contribution in [0.2, 0.25) is 0 Å². The Morgan fingerprint density at radius 1 is 0.905 bits per heavy atom. The molecule has 1 aromatic rings. The first kappa shape index (κ1) is 18.2. The van der Waals surface area contributed by atoms with E-state index in [4.69, 9.17) is 5.84 Å². The van der Waals surface area contributed by atoms with E-state index in [1.165, 1.54) is 68.1 Å². The fourth-order valence-electron chi connectivity index (χ4n) is 3.17. The van der Waals surface area contributed by atoms with Crippen LogP contribution < -0.4 is 11.3 Å². The predicted molar refractivity (Wildman–Crippen MR) is 93.2 cm³/mol. The van der Waals surface area contributed by atoms with E-state index in [1.54, 1.807) is 0 Å². The minimum absolute atomic E-state index is 0.297. The SMILES string of the molecule is CCCCCCCCCCC(NN)c1c(C)cccc1C. The molecule has 0 heterocycles. The van der Waals surface area contributed by atoms with Gasteiger partial charge in [-0.25, -0.2) is 0 Å². The second-order valence-electron chi connectivity index (χ2n) is 6.29. The third-order valence-electron chi connectivity index (χ3n) is 4.44. The second kappa shape index (κ2) is 10.8. The number of hydrazine groups is 1. The molecule has 0 fully saturated rings. The number of rotatable bonds is 11. The van der Waals surface area contributed by atoms with E-state index < -0.39 is 0 Å². The molecule has 120 valence electrons. The highest BCUT2D eigenvalue weighted by molar-refractivity contribution is 5.36. The zero-order valence-electron chi connectivity index (χ0n) is 14.3. The lowest BCUT2D eigenvalue weighted by atomic mass is 9.93. The topological polar surface area (TPSA) is 38.0 Å². The summed E-state index contributed by atoms with van der Waals surface area (Å²) in [7, 11) is 0. The number of nitrogens with two attached hydrogens (primary N) is 1. The Kier molecular flexibility index (Phi) is 9.36. The molecule has 2 heteroatoms. The molecule has 0 aromatic heterocycles. The highest BCUT2D eigenvalue weighted by Gasteiger charge is 2.13. The minimum Gasteiger partial charge on any atom is -0.271 e. The van der Waals surface area contributed by atoms with Crippen LogP contribution in [0.15, 0.2) is 18.2 Å². The summed E-state index contributed by atoms with van der Waals surface area (Å²) in [5.74, 6) is 5.79. The van der Waals surface area contributed by atoms with E-state index in [0.29, 0.717) is 6.04 Å². The summed E-state index contributed by atoms with van der Waals surface area (Å²) >= 11 is 0. The summed E-state index contributed by atoms with van der Waals surface area (Å²) in [4.78, 5) is 0. The lowest BCUT2D eigenvalue weighted by molar-refractivity contribution is 0.472. The molecule has 21 heavy (non-hydrogen) atoms. The van der Waals surface area contributed by atoms with Crippen molar-refractivity contribution < 1.29 is 0 Å². The monoisotopic (exact) mass is 290 g/mol. The third-order valence-corrected chi connectivity index (χ3v) is 4.44. The number of unbranched alkanes of at least 4 members (excludes halogenated alkanes) is 7. The van der Waals surface area contributed by atoms with Gasteiger partial charge >= 0.3 is 0 Å². The summed E-state index contributed by atoms with van der Waals surface area (Å²) in [6.07, 6.45) is 12.0. The summed E-state index contributed by atoms with van der Waals surface area (Å²) < 4.78 is 0. The zero-order valence-corrected chi connectivity index (χ0v) is 14.3. The highest BCUT2D eigenvalue weighted by atomic mass is 15.2. The lowest BCUT2D eigenvalue weighted by Gasteiger charge is -2.20. The Labute approximate surface area is 131 Å². The number of hydrogen-bond donors (Lipinski definition) is 2. The molecule has 0 aliphatic carbocycles. The normalized spacial score (nSPS) is 12.6. The van der Waals surface area contributed by atoms with Crippen LogP contribution >= 0.6 is 0 Å². The van der Waals surface area contributed by atoms with Gasteiger partial charge in [-0.1, -0.05) is 76.5 Å². The van der Waals surface area contributed by atoms with Crippen molar-refractivity contribution in [2.75, 3.05) is 0 Å². The van der Waals surface area contributed by atoms with Gasteiger partial charge in [-0.2, -0.15) is 0 Å². The summed E-state index contributed by atoms with van der Waals surface area (Å²) in [6, 6.07) is 6.78. The maximum atomic E-state index is 5.79. The molecule has 1 aromatic carbocycles. The first-order valence-corrected chi connectivity index (χ1v) is 8.73. The molecule has 2 nitrogen and oxygen atoms in total. The minimum atomic E-state index is 0.297. The van der Waals surface area contributed by atoms with Gasteiger partial charge in [0.15, 0.2) is 0 Å². The Hall–Kier alpha value is -0.860. The molecule has 1 rings (SSSR count). The second-order valence-corrected chi connectivity index (χ2v) is 6.29. The van der Waals surface area contributed by atoms with Crippen molar-refractivity contribution in [2.24, 2.45) is 5.84 Å². The fraction of sp³-hybridized carbons (Fsp3) is 0.684. The average Bonchev–Trinajstić information content (AvgIpc) is 2.47. The Morgan fingerprint density at radius 3 is 1.95 bits per heavy atom. The van der Waals surface area contributed by atoms with Gasteiger partial charge in [0, 0.05) is 6.04 Å². The van der Waals surface area contributed by atoms with Crippen LogP contribution in [0.3, 0.4) is 0 Å². The van der Waals surface area contributed by atoms with E-state index >= 15 is 0 Å². The van der Waals surface area contributed by atoms with Crippen LogP contribution in [0, 0.1) is 13.8 Å². The molecular weight excluding hydrogens is 256 g/mol. The molecule has 1 atom stereocenters. The van der Waals surface area contributed by atoms with Gasteiger partial charge in [-0.15, -0.1) is 0 Å². The molecule has 0 spiro atoms. The molecule has 0 bridgehead atoms. The maximum absolute atomic E-state index is 5.79. The van der Waals surface area contributed by atoms with Crippen molar-refractivity contribution in [1.82, 2.24) is 5.43 Å². The molecule has 0 saturated carbocycles. The number of aryl methyl sites for hydroxylation is 2. The van der Waals surface area contributed by atoms with Crippen LogP contribution in [0.1, 0.15) is 87.4 Å². The van der Waals surface area contributed by atoms with Crippen molar-refractivity contribution >= 4 is 0 Å². The van der Waals surface area contributed by atoms with Gasteiger partial charge in [0.25, 0.3) is 0 Å². The van der Waals surface area contributed by atoms with Gasteiger partial charge < -0.3 is 0 Å². The van der Waals surface area contributed by atoms with E-state index in [0.717, 1.165) is 6.42 Å². The Bertz CT molecular complexity index is 367. The van der Waals surface area contributed by atoms with E-state index in [1.807, 2.05) is 0 Å². The standard InChI is InChI=1S/C19H34N2/c1-4-5-6-7-8-9-10-11-15-18(21-20)19-16(2)13-12-14-17(19)3/h12-14,18,21H,4-11,15,20H2,1-3H3. The van der Waals surface area contributed by atoms with Crippen molar-refractivity contribution in [3.8, 4) is 0 Å². The largest absolute Gasteiger partial charge is 0.271 e. The Balaban J connectivity index is 2.29. The smallest absolute Gasteiger partial charge is 0.0465 e. The highest BCUT2D eigenvalue weighted by Crippen LogP contribution is 2.25. The quantitative estimate of drug-likeness (QED) is 0.328. The summed E-state index contributed by atoms with van der Waals surface area (Å²) in [6.45, 7) is 6.63. The molecule has 3 N–H and O–H groups in total.